The Hall–Kier alpha value is -2.54. The normalized spacial score (nSPS) is 13.6. The van der Waals surface area contributed by atoms with Crippen molar-refractivity contribution in [2.45, 2.75) is 24.7 Å². The molecule has 8 heteroatoms. The van der Waals surface area contributed by atoms with Crippen LogP contribution in [0.25, 0.3) is 0 Å². The Balaban J connectivity index is 1.68. The third-order valence-corrected chi connectivity index (χ3v) is 7.48. The highest BCUT2D eigenvalue weighted by molar-refractivity contribution is 7.92. The summed E-state index contributed by atoms with van der Waals surface area (Å²) in [5, 5.41) is 0.440. The second-order valence-electron chi connectivity index (χ2n) is 7.41. The second kappa shape index (κ2) is 8.54. The average molecular weight is 475 g/mol. The van der Waals surface area contributed by atoms with Gasteiger partial charge in [-0.25, -0.2) is 8.42 Å². The van der Waals surface area contributed by atoms with Crippen LogP contribution < -0.4 is 9.62 Å². The molecule has 160 valence electrons. The van der Waals surface area contributed by atoms with Crippen molar-refractivity contribution >= 4 is 50.5 Å². The number of carbonyl (C=O) groups is 1. The third-order valence-electron chi connectivity index (χ3n) is 5.22. The van der Waals surface area contributed by atoms with E-state index in [2.05, 4.69) is 4.72 Å². The fourth-order valence-corrected chi connectivity index (χ4v) is 5.52. The van der Waals surface area contributed by atoms with Gasteiger partial charge in [-0.05, 0) is 67.3 Å². The van der Waals surface area contributed by atoms with Crippen LogP contribution in [-0.2, 0) is 16.4 Å². The molecule has 4 rings (SSSR count). The first-order chi connectivity index (χ1) is 14.8. The number of benzene rings is 3. The van der Waals surface area contributed by atoms with E-state index in [0.717, 1.165) is 18.4 Å². The quantitative estimate of drug-likeness (QED) is 0.527. The predicted molar refractivity (Wildman–Crippen MR) is 125 cm³/mol. The number of halogens is 2. The van der Waals surface area contributed by atoms with Crippen molar-refractivity contribution in [1.29, 1.82) is 0 Å². The van der Waals surface area contributed by atoms with E-state index in [1.807, 2.05) is 24.3 Å². The molecule has 0 bridgehead atoms. The van der Waals surface area contributed by atoms with Gasteiger partial charge in [-0.1, -0.05) is 47.5 Å². The first-order valence-corrected chi connectivity index (χ1v) is 12.0. The summed E-state index contributed by atoms with van der Waals surface area (Å²) >= 11 is 12.2. The van der Waals surface area contributed by atoms with Gasteiger partial charge in [-0.3, -0.25) is 9.52 Å². The summed E-state index contributed by atoms with van der Waals surface area (Å²) in [7, 11) is -3.94. The van der Waals surface area contributed by atoms with Gasteiger partial charge in [0.15, 0.2) is 0 Å². The molecule has 1 amide bonds. The zero-order valence-corrected chi connectivity index (χ0v) is 19.1. The molecule has 0 atom stereocenters. The smallest absolute Gasteiger partial charge is 0.263 e. The minimum Gasteiger partial charge on any atom is -0.308 e. The Bertz CT molecular complexity index is 1260. The van der Waals surface area contributed by atoms with E-state index in [4.69, 9.17) is 23.2 Å². The molecule has 1 aliphatic heterocycles. The van der Waals surface area contributed by atoms with Crippen LogP contribution in [0.5, 0.6) is 0 Å². The van der Waals surface area contributed by atoms with Crippen LogP contribution in [0.3, 0.4) is 0 Å². The highest BCUT2D eigenvalue weighted by Crippen LogP contribution is 2.33. The highest BCUT2D eigenvalue weighted by atomic mass is 35.5. The van der Waals surface area contributed by atoms with Crippen molar-refractivity contribution in [3.63, 3.8) is 0 Å². The highest BCUT2D eigenvalue weighted by Gasteiger charge is 2.25. The average Bonchev–Trinajstić information content (AvgIpc) is 2.75. The lowest BCUT2D eigenvalue weighted by Crippen LogP contribution is -2.35. The molecule has 3 aromatic rings. The van der Waals surface area contributed by atoms with E-state index in [-0.39, 0.29) is 15.8 Å². The number of fused-ring (bicyclic) bond motifs is 1. The summed E-state index contributed by atoms with van der Waals surface area (Å²) in [5.41, 5.74) is 3.26. The maximum absolute atomic E-state index is 13.1. The van der Waals surface area contributed by atoms with Crippen LogP contribution in [0.4, 0.5) is 11.4 Å². The number of hydrogen-bond acceptors (Lipinski definition) is 3. The molecule has 1 aliphatic rings. The third kappa shape index (κ3) is 4.42. The Morgan fingerprint density at radius 2 is 1.74 bits per heavy atom. The molecule has 0 aliphatic carbocycles. The van der Waals surface area contributed by atoms with Crippen LogP contribution >= 0.6 is 23.2 Å². The van der Waals surface area contributed by atoms with E-state index in [1.54, 1.807) is 36.1 Å². The number of rotatable bonds is 4. The second-order valence-corrected chi connectivity index (χ2v) is 9.87. The summed E-state index contributed by atoms with van der Waals surface area (Å²) < 4.78 is 28.5. The molecule has 0 spiro atoms. The van der Waals surface area contributed by atoms with E-state index >= 15 is 0 Å². The summed E-state index contributed by atoms with van der Waals surface area (Å²) in [6.45, 7) is 2.28. The molecule has 1 N–H and O–H groups in total. The van der Waals surface area contributed by atoms with Crippen molar-refractivity contribution in [1.82, 2.24) is 0 Å². The molecular weight excluding hydrogens is 455 g/mol. The molecule has 5 nitrogen and oxygen atoms in total. The Labute approximate surface area is 191 Å². The number of nitrogens with one attached hydrogen (secondary N) is 1. The predicted octanol–water partition coefficient (Wildman–Crippen LogP) is 5.70. The van der Waals surface area contributed by atoms with Gasteiger partial charge in [0.25, 0.3) is 15.9 Å². The number of nitrogens with zero attached hydrogens (tertiary/aromatic N) is 1. The van der Waals surface area contributed by atoms with Crippen LogP contribution in [0.2, 0.25) is 10.0 Å². The first kappa shape index (κ1) is 21.7. The fraction of sp³-hybridized carbons (Fsp3) is 0.174. The number of anilines is 2. The van der Waals surface area contributed by atoms with Gasteiger partial charge in [0.2, 0.25) is 0 Å². The minimum absolute atomic E-state index is 0.0435. The molecule has 0 fully saturated rings. The van der Waals surface area contributed by atoms with Crippen molar-refractivity contribution in [2.75, 3.05) is 16.2 Å². The number of amides is 1. The molecule has 1 heterocycles. The summed E-state index contributed by atoms with van der Waals surface area (Å²) in [4.78, 5) is 14.7. The fourth-order valence-electron chi connectivity index (χ4n) is 3.63. The van der Waals surface area contributed by atoms with E-state index in [1.165, 1.54) is 12.1 Å². The summed E-state index contributed by atoms with van der Waals surface area (Å²) in [6, 6.07) is 17.1. The van der Waals surface area contributed by atoms with Crippen LogP contribution in [0, 0.1) is 6.92 Å². The SMILES string of the molecule is Cc1cc(S(=O)(=O)Nc2ccc3c(c2)N(C(=O)c2ccccc2)CCC3)c(Cl)cc1Cl. The Morgan fingerprint density at radius 1 is 1.00 bits per heavy atom. The largest absolute Gasteiger partial charge is 0.308 e. The maximum Gasteiger partial charge on any atom is 0.263 e. The molecule has 0 saturated carbocycles. The molecular formula is C23H20Cl2N2O3S. The minimum atomic E-state index is -3.94. The zero-order chi connectivity index (χ0) is 22.2. The van der Waals surface area contributed by atoms with E-state index in [9.17, 15) is 13.2 Å². The topological polar surface area (TPSA) is 66.5 Å². The maximum atomic E-state index is 13.1. The van der Waals surface area contributed by atoms with Crippen molar-refractivity contribution in [2.24, 2.45) is 0 Å². The lowest BCUT2D eigenvalue weighted by molar-refractivity contribution is 0.0985. The first-order valence-electron chi connectivity index (χ1n) is 9.74. The van der Waals surface area contributed by atoms with Crippen LogP contribution in [-0.4, -0.2) is 20.9 Å². The lowest BCUT2D eigenvalue weighted by atomic mass is 10.00. The molecule has 0 radical (unpaired) electrons. The van der Waals surface area contributed by atoms with Crippen molar-refractivity contribution in [3.8, 4) is 0 Å². The summed E-state index contributed by atoms with van der Waals surface area (Å²) in [5.74, 6) is -0.113. The number of hydrogen-bond donors (Lipinski definition) is 1. The molecule has 31 heavy (non-hydrogen) atoms. The van der Waals surface area contributed by atoms with Gasteiger partial charge in [0.05, 0.1) is 10.7 Å². The number of aryl methyl sites for hydroxylation is 2. The lowest BCUT2D eigenvalue weighted by Gasteiger charge is -2.30. The van der Waals surface area contributed by atoms with Crippen LogP contribution in [0.15, 0.2) is 65.6 Å². The molecule has 0 aromatic heterocycles. The molecule has 3 aromatic carbocycles. The van der Waals surface area contributed by atoms with Gasteiger partial charge in [-0.2, -0.15) is 0 Å². The van der Waals surface area contributed by atoms with Crippen molar-refractivity contribution < 1.29 is 13.2 Å². The van der Waals surface area contributed by atoms with Gasteiger partial charge in [0.1, 0.15) is 4.90 Å². The van der Waals surface area contributed by atoms with E-state index in [0.29, 0.717) is 34.1 Å². The monoisotopic (exact) mass is 474 g/mol. The number of carbonyl (C=O) groups excluding carboxylic acids is 1. The molecule has 0 unspecified atom stereocenters. The zero-order valence-electron chi connectivity index (χ0n) is 16.7. The van der Waals surface area contributed by atoms with E-state index < -0.39 is 10.0 Å². The Kier molecular flexibility index (Phi) is 5.97. The molecule has 0 saturated heterocycles. The number of sulfonamides is 1. The Morgan fingerprint density at radius 3 is 2.48 bits per heavy atom. The van der Waals surface area contributed by atoms with Gasteiger partial charge < -0.3 is 4.90 Å². The van der Waals surface area contributed by atoms with Gasteiger partial charge in [0, 0.05) is 22.8 Å². The summed E-state index contributed by atoms with van der Waals surface area (Å²) in [6.07, 6.45) is 1.67. The van der Waals surface area contributed by atoms with Gasteiger partial charge >= 0.3 is 0 Å². The standard InChI is InChI=1S/C23H20Cl2N2O3S/c1-15-12-22(20(25)14-19(15)24)31(29,30)26-18-10-9-16-8-5-11-27(21(16)13-18)23(28)17-6-3-2-4-7-17/h2-4,6-7,9-10,12-14,26H,5,8,11H2,1H3. The van der Waals surface area contributed by atoms with Gasteiger partial charge in [-0.15, -0.1) is 0 Å². The van der Waals surface area contributed by atoms with Crippen molar-refractivity contribution in [3.05, 3.63) is 87.4 Å². The van der Waals surface area contributed by atoms with Crippen LogP contribution in [0.1, 0.15) is 27.9 Å².